The number of halogens is 2. The molecule has 1 fully saturated rings. The molecule has 2 atom stereocenters. The topological polar surface area (TPSA) is 67.2 Å². The van der Waals surface area contributed by atoms with Crippen LogP contribution in [-0.2, 0) is 6.54 Å². The van der Waals surface area contributed by atoms with Gasteiger partial charge in [0, 0.05) is 25.0 Å². The molecular weight excluding hydrogens is 376 g/mol. The minimum atomic E-state index is -0.643. The average molecular weight is 399 g/mol. The van der Waals surface area contributed by atoms with Crippen LogP contribution in [0.3, 0.4) is 0 Å². The highest BCUT2D eigenvalue weighted by molar-refractivity contribution is 6.06. The Bertz CT molecular complexity index is 1040. The summed E-state index contributed by atoms with van der Waals surface area (Å²) in [5, 5.41) is 13.1. The van der Waals surface area contributed by atoms with Crippen molar-refractivity contribution in [2.75, 3.05) is 0 Å². The summed E-state index contributed by atoms with van der Waals surface area (Å²) in [7, 11) is 0. The fraction of sp³-hybridized carbons (Fsp3) is 0.364. The molecule has 1 aromatic carbocycles. The largest absolute Gasteiger partial charge is 0.391 e. The molecule has 5 nitrogen and oxygen atoms in total. The second kappa shape index (κ2) is 7.91. The van der Waals surface area contributed by atoms with Gasteiger partial charge in [0.15, 0.2) is 0 Å². The number of aliphatic hydroxyl groups is 1. The molecule has 7 heteroatoms. The van der Waals surface area contributed by atoms with Gasteiger partial charge in [0.1, 0.15) is 17.2 Å². The Labute approximate surface area is 167 Å². The Morgan fingerprint density at radius 2 is 1.97 bits per heavy atom. The number of carbonyl (C=O) groups is 1. The summed E-state index contributed by atoms with van der Waals surface area (Å²) in [6.45, 7) is 2.11. The van der Waals surface area contributed by atoms with Crippen LogP contribution in [0.1, 0.15) is 47.2 Å². The Morgan fingerprint density at radius 3 is 2.69 bits per heavy atom. The first-order chi connectivity index (χ1) is 13.9. The molecule has 0 saturated heterocycles. The number of fused-ring (bicyclic) bond motifs is 1. The SMILES string of the molecule is Cc1ccnc2c(C(=O)NC3CCCC[C@@H]3O)cn(Cc3cc(F)cc(F)c3)c12. The number of aliphatic hydroxyl groups excluding tert-OH is 1. The molecule has 29 heavy (non-hydrogen) atoms. The van der Waals surface area contributed by atoms with Crippen LogP contribution in [0.2, 0.25) is 0 Å². The van der Waals surface area contributed by atoms with E-state index in [-0.39, 0.29) is 18.5 Å². The lowest BCUT2D eigenvalue weighted by atomic mass is 9.92. The minimum absolute atomic E-state index is 0.205. The standard InChI is InChI=1S/C22H23F2N3O2/c1-13-6-7-25-20-17(22(29)26-18-4-2-3-5-19(18)28)12-27(21(13)20)11-14-8-15(23)10-16(24)9-14/h6-10,12,18-19,28H,2-5,11H2,1H3,(H,26,29)/t18?,19-/m0/s1. The van der Waals surface area contributed by atoms with Gasteiger partial charge in [-0.05, 0) is 49.1 Å². The van der Waals surface area contributed by atoms with Crippen molar-refractivity contribution < 1.29 is 18.7 Å². The fourth-order valence-electron chi connectivity index (χ4n) is 4.11. The van der Waals surface area contributed by atoms with Crippen LogP contribution in [0.5, 0.6) is 0 Å². The molecule has 152 valence electrons. The number of carbonyl (C=O) groups excluding carboxylic acids is 1. The maximum Gasteiger partial charge on any atom is 0.255 e. The predicted molar refractivity (Wildman–Crippen MR) is 106 cm³/mol. The molecule has 2 N–H and O–H groups in total. The highest BCUT2D eigenvalue weighted by atomic mass is 19.1. The summed E-state index contributed by atoms with van der Waals surface area (Å²) in [5.41, 5.74) is 3.02. The Balaban J connectivity index is 1.70. The van der Waals surface area contributed by atoms with Crippen LogP contribution in [0.25, 0.3) is 11.0 Å². The van der Waals surface area contributed by atoms with Gasteiger partial charge in [0.05, 0.1) is 23.2 Å². The predicted octanol–water partition coefficient (Wildman–Crippen LogP) is 3.70. The van der Waals surface area contributed by atoms with Crippen molar-refractivity contribution in [1.29, 1.82) is 0 Å². The van der Waals surface area contributed by atoms with E-state index in [0.717, 1.165) is 36.4 Å². The van der Waals surface area contributed by atoms with E-state index in [1.165, 1.54) is 12.1 Å². The summed E-state index contributed by atoms with van der Waals surface area (Å²) in [6.07, 6.45) is 6.08. The molecule has 0 radical (unpaired) electrons. The van der Waals surface area contributed by atoms with Gasteiger partial charge in [-0.1, -0.05) is 12.8 Å². The van der Waals surface area contributed by atoms with Gasteiger partial charge in [-0.3, -0.25) is 9.78 Å². The zero-order chi connectivity index (χ0) is 20.5. The molecule has 1 saturated carbocycles. The Morgan fingerprint density at radius 1 is 1.24 bits per heavy atom. The summed E-state index contributed by atoms with van der Waals surface area (Å²) in [4.78, 5) is 17.3. The number of benzene rings is 1. The van der Waals surface area contributed by atoms with Crippen molar-refractivity contribution in [3.8, 4) is 0 Å². The van der Waals surface area contributed by atoms with E-state index in [2.05, 4.69) is 10.3 Å². The first-order valence-electron chi connectivity index (χ1n) is 9.80. The Hall–Kier alpha value is -2.80. The molecular formula is C22H23F2N3O2. The third kappa shape index (κ3) is 4.00. The summed E-state index contributed by atoms with van der Waals surface area (Å²) < 4.78 is 29.0. The van der Waals surface area contributed by atoms with Gasteiger partial charge in [0.2, 0.25) is 0 Å². The maximum absolute atomic E-state index is 13.6. The lowest BCUT2D eigenvalue weighted by molar-refractivity contribution is 0.0718. The van der Waals surface area contributed by atoms with E-state index in [1.807, 2.05) is 13.0 Å². The third-order valence-electron chi connectivity index (χ3n) is 5.52. The van der Waals surface area contributed by atoms with Crippen molar-refractivity contribution in [2.24, 2.45) is 0 Å². The molecule has 0 bridgehead atoms. The first kappa shape index (κ1) is 19.5. The van der Waals surface area contributed by atoms with Gasteiger partial charge >= 0.3 is 0 Å². The van der Waals surface area contributed by atoms with E-state index in [4.69, 9.17) is 0 Å². The maximum atomic E-state index is 13.6. The summed E-state index contributed by atoms with van der Waals surface area (Å²) >= 11 is 0. The summed E-state index contributed by atoms with van der Waals surface area (Å²) in [6, 6.07) is 4.93. The van der Waals surface area contributed by atoms with Gasteiger partial charge in [0.25, 0.3) is 5.91 Å². The molecule has 2 heterocycles. The highest BCUT2D eigenvalue weighted by Crippen LogP contribution is 2.25. The fourth-order valence-corrected chi connectivity index (χ4v) is 4.11. The molecule has 4 rings (SSSR count). The monoisotopic (exact) mass is 399 g/mol. The first-order valence-corrected chi connectivity index (χ1v) is 9.80. The van der Waals surface area contributed by atoms with Crippen molar-refractivity contribution >= 4 is 16.9 Å². The van der Waals surface area contributed by atoms with E-state index >= 15 is 0 Å². The molecule has 3 aromatic rings. The van der Waals surface area contributed by atoms with Crippen molar-refractivity contribution in [1.82, 2.24) is 14.9 Å². The number of nitrogens with zero attached hydrogens (tertiary/aromatic N) is 2. The second-order valence-electron chi connectivity index (χ2n) is 7.71. The van der Waals surface area contributed by atoms with Crippen LogP contribution in [0, 0.1) is 18.6 Å². The number of amides is 1. The molecule has 0 spiro atoms. The molecule has 2 aromatic heterocycles. The number of aryl methyl sites for hydroxylation is 1. The van der Waals surface area contributed by atoms with Gasteiger partial charge in [-0.2, -0.15) is 0 Å². The van der Waals surface area contributed by atoms with E-state index < -0.39 is 17.7 Å². The average Bonchev–Trinajstić information content (AvgIpc) is 3.02. The number of pyridine rings is 1. The van der Waals surface area contributed by atoms with E-state index in [9.17, 15) is 18.7 Å². The third-order valence-corrected chi connectivity index (χ3v) is 5.52. The lowest BCUT2D eigenvalue weighted by Gasteiger charge is -2.28. The van der Waals surface area contributed by atoms with E-state index in [1.54, 1.807) is 17.0 Å². The van der Waals surface area contributed by atoms with Crippen LogP contribution in [0.4, 0.5) is 8.78 Å². The van der Waals surface area contributed by atoms with Gasteiger partial charge in [-0.25, -0.2) is 8.78 Å². The Kier molecular flexibility index (Phi) is 5.32. The molecule has 1 aliphatic rings. The molecule has 1 amide bonds. The van der Waals surface area contributed by atoms with Crippen LogP contribution in [-0.4, -0.2) is 32.7 Å². The van der Waals surface area contributed by atoms with Crippen molar-refractivity contribution in [3.63, 3.8) is 0 Å². The normalized spacial score (nSPS) is 19.4. The van der Waals surface area contributed by atoms with Gasteiger partial charge < -0.3 is 15.0 Å². The van der Waals surface area contributed by atoms with Crippen molar-refractivity contribution in [3.05, 3.63) is 65.0 Å². The number of aromatic nitrogens is 2. The zero-order valence-corrected chi connectivity index (χ0v) is 16.2. The van der Waals surface area contributed by atoms with Gasteiger partial charge in [-0.15, -0.1) is 0 Å². The smallest absolute Gasteiger partial charge is 0.255 e. The number of rotatable bonds is 4. The molecule has 0 aliphatic heterocycles. The molecule has 1 unspecified atom stereocenters. The van der Waals surface area contributed by atoms with Crippen LogP contribution >= 0.6 is 0 Å². The van der Waals surface area contributed by atoms with E-state index in [0.29, 0.717) is 23.1 Å². The van der Waals surface area contributed by atoms with Crippen LogP contribution in [0.15, 0.2) is 36.7 Å². The van der Waals surface area contributed by atoms with Crippen LogP contribution < -0.4 is 5.32 Å². The second-order valence-corrected chi connectivity index (χ2v) is 7.71. The summed E-state index contributed by atoms with van der Waals surface area (Å²) in [5.74, 6) is -1.59. The number of nitrogens with one attached hydrogen (secondary N) is 1. The highest BCUT2D eigenvalue weighted by Gasteiger charge is 2.26. The minimum Gasteiger partial charge on any atom is -0.391 e. The molecule has 1 aliphatic carbocycles. The van der Waals surface area contributed by atoms with Crippen molar-refractivity contribution in [2.45, 2.75) is 51.3 Å². The lowest BCUT2D eigenvalue weighted by Crippen LogP contribution is -2.45. The number of hydrogen-bond acceptors (Lipinski definition) is 3. The number of hydrogen-bond donors (Lipinski definition) is 2. The quantitative estimate of drug-likeness (QED) is 0.703. The zero-order valence-electron chi connectivity index (χ0n) is 16.2.